The van der Waals surface area contributed by atoms with Crippen LogP contribution in [0.15, 0.2) is 15.8 Å². The molecule has 4 atom stereocenters. The Balaban J connectivity index is 2.42. The molecular formula is C9H12IN2O6-. The number of aromatic amines is 1. The van der Waals surface area contributed by atoms with Gasteiger partial charge in [-0.25, -0.2) is 0 Å². The molecule has 2 rings (SSSR count). The Kier molecular flexibility index (Phi) is 3.87. The Labute approximate surface area is 112 Å². The number of aromatic nitrogens is 2. The van der Waals surface area contributed by atoms with Crippen LogP contribution in [0.4, 0.5) is 0 Å². The van der Waals surface area contributed by atoms with Crippen LogP contribution in [0.1, 0.15) is 11.8 Å². The average Bonchev–Trinajstić information content (AvgIpc) is 2.61. The standard InChI is InChI=1S/C9H12IN2O6/c1-3-2-12(9(16)11-7(3)15)8-5(14)4(13)6(10-17)18-8/h2,4-6,8,13-14,17H,1H3,(H,11,15,16)/q-1/t4?,5?,6-,8+/m1/s1. The molecule has 0 bridgehead atoms. The number of aryl methyl sites for hydroxylation is 1. The summed E-state index contributed by atoms with van der Waals surface area (Å²) in [5.74, 6) is 0. The Hall–Kier alpha value is -0.750. The minimum atomic E-state index is -1.43. The molecule has 1 aromatic rings. The molecule has 4 N–H and O–H groups in total. The molecule has 102 valence electrons. The van der Waals surface area contributed by atoms with Crippen LogP contribution in [-0.2, 0) is 4.74 Å². The molecule has 1 aliphatic heterocycles. The van der Waals surface area contributed by atoms with Crippen LogP contribution < -0.4 is 32.9 Å². The first-order valence-corrected chi connectivity index (χ1v) is 7.27. The molecule has 1 aliphatic rings. The Morgan fingerprint density at radius 3 is 2.61 bits per heavy atom. The molecule has 1 saturated heterocycles. The molecule has 0 saturated carbocycles. The molecule has 9 heteroatoms. The first-order chi connectivity index (χ1) is 8.45. The van der Waals surface area contributed by atoms with Crippen molar-refractivity contribution in [2.75, 3.05) is 0 Å². The second kappa shape index (κ2) is 5.09. The summed E-state index contributed by atoms with van der Waals surface area (Å²) in [6, 6.07) is 0. The summed E-state index contributed by atoms with van der Waals surface area (Å²) >= 11 is -1.43. The number of hydrogen-bond donors (Lipinski definition) is 4. The third-order valence-corrected chi connectivity index (χ3v) is 4.28. The van der Waals surface area contributed by atoms with E-state index in [1.54, 1.807) is 0 Å². The quantitative estimate of drug-likeness (QED) is 0.304. The van der Waals surface area contributed by atoms with Gasteiger partial charge in [-0.15, -0.1) is 0 Å². The van der Waals surface area contributed by atoms with Crippen molar-refractivity contribution in [3.63, 3.8) is 0 Å². The van der Waals surface area contributed by atoms with E-state index in [9.17, 15) is 19.8 Å². The van der Waals surface area contributed by atoms with Crippen LogP contribution in [0.25, 0.3) is 0 Å². The molecule has 1 aromatic heterocycles. The van der Waals surface area contributed by atoms with Gasteiger partial charge in [0.25, 0.3) is 0 Å². The number of ether oxygens (including phenoxy) is 1. The van der Waals surface area contributed by atoms with Crippen molar-refractivity contribution in [1.82, 2.24) is 9.55 Å². The van der Waals surface area contributed by atoms with Crippen molar-refractivity contribution in [3.8, 4) is 0 Å². The summed E-state index contributed by atoms with van der Waals surface area (Å²) in [7, 11) is 0. The average molecular weight is 371 g/mol. The Morgan fingerprint density at radius 2 is 2.06 bits per heavy atom. The van der Waals surface area contributed by atoms with Gasteiger partial charge in [0.05, 0.1) is 0 Å². The van der Waals surface area contributed by atoms with Gasteiger partial charge in [0.2, 0.25) is 0 Å². The number of rotatable bonds is 2. The molecule has 0 radical (unpaired) electrons. The van der Waals surface area contributed by atoms with Gasteiger partial charge in [0, 0.05) is 0 Å². The van der Waals surface area contributed by atoms with Crippen molar-refractivity contribution in [2.45, 2.75) is 29.5 Å². The van der Waals surface area contributed by atoms with E-state index in [0.717, 1.165) is 4.57 Å². The maximum atomic E-state index is 11.6. The van der Waals surface area contributed by atoms with Crippen molar-refractivity contribution in [1.29, 1.82) is 0 Å². The van der Waals surface area contributed by atoms with E-state index in [2.05, 4.69) is 4.98 Å². The van der Waals surface area contributed by atoms with E-state index in [-0.39, 0.29) is 5.56 Å². The number of H-pyrrole nitrogens is 1. The zero-order valence-electron chi connectivity index (χ0n) is 9.28. The fraction of sp³-hybridized carbons (Fsp3) is 0.556. The van der Waals surface area contributed by atoms with E-state index in [4.69, 9.17) is 8.17 Å². The summed E-state index contributed by atoms with van der Waals surface area (Å²) in [4.78, 5) is 24.9. The third-order valence-electron chi connectivity index (χ3n) is 2.70. The first kappa shape index (κ1) is 13.7. The van der Waals surface area contributed by atoms with Gasteiger partial charge in [0.15, 0.2) is 0 Å². The number of aliphatic hydroxyl groups excluding tert-OH is 2. The molecular weight excluding hydrogens is 359 g/mol. The molecule has 1 fully saturated rings. The predicted octanol–water partition coefficient (Wildman–Crippen LogP) is -5.58. The molecule has 2 unspecified atom stereocenters. The maximum absolute atomic E-state index is 11.6. The molecule has 0 aromatic carbocycles. The second-order valence-electron chi connectivity index (χ2n) is 3.94. The normalized spacial score (nSPS) is 32.0. The van der Waals surface area contributed by atoms with Crippen molar-refractivity contribution in [3.05, 3.63) is 32.6 Å². The first-order valence-electron chi connectivity index (χ1n) is 5.06. The van der Waals surface area contributed by atoms with Crippen LogP contribution in [0.5, 0.6) is 0 Å². The van der Waals surface area contributed by atoms with Crippen LogP contribution in [0, 0.1) is 6.92 Å². The number of hydrogen-bond acceptors (Lipinski definition) is 6. The summed E-state index contributed by atoms with van der Waals surface area (Å²) in [5, 5.41) is 19.4. The third kappa shape index (κ3) is 2.23. The van der Waals surface area contributed by atoms with Crippen molar-refractivity contribution in [2.24, 2.45) is 0 Å². The number of alkyl halides is 1. The van der Waals surface area contributed by atoms with Gasteiger partial charge < -0.3 is 0 Å². The summed E-state index contributed by atoms with van der Waals surface area (Å²) in [6.07, 6.45) is -2.43. The van der Waals surface area contributed by atoms with Crippen molar-refractivity contribution < 1.29 is 40.0 Å². The van der Waals surface area contributed by atoms with Gasteiger partial charge in [-0.3, -0.25) is 0 Å². The molecule has 8 nitrogen and oxygen atoms in total. The minimum absolute atomic E-state index is 0.280. The topological polar surface area (TPSA) is 125 Å². The van der Waals surface area contributed by atoms with Gasteiger partial charge in [-0.1, -0.05) is 0 Å². The van der Waals surface area contributed by atoms with Crippen LogP contribution in [-0.4, -0.2) is 39.5 Å². The van der Waals surface area contributed by atoms with E-state index in [1.165, 1.54) is 13.1 Å². The molecule has 0 aliphatic carbocycles. The van der Waals surface area contributed by atoms with Gasteiger partial charge in [-0.2, -0.15) is 0 Å². The Morgan fingerprint density at radius 1 is 1.39 bits per heavy atom. The predicted molar refractivity (Wildman–Crippen MR) is 54.2 cm³/mol. The number of halogens is 1. The van der Waals surface area contributed by atoms with E-state index < -0.39 is 55.4 Å². The van der Waals surface area contributed by atoms with Gasteiger partial charge in [0.1, 0.15) is 0 Å². The molecule has 0 amide bonds. The monoisotopic (exact) mass is 371 g/mol. The molecule has 18 heavy (non-hydrogen) atoms. The van der Waals surface area contributed by atoms with E-state index in [0.29, 0.717) is 0 Å². The van der Waals surface area contributed by atoms with E-state index in [1.807, 2.05) is 0 Å². The zero-order valence-corrected chi connectivity index (χ0v) is 11.4. The Bertz CT molecular complexity index is 555. The second-order valence-corrected chi connectivity index (χ2v) is 5.72. The molecule has 2 heterocycles. The van der Waals surface area contributed by atoms with Crippen LogP contribution in [0.3, 0.4) is 0 Å². The zero-order chi connectivity index (χ0) is 13.4. The van der Waals surface area contributed by atoms with Gasteiger partial charge >= 0.3 is 112 Å². The van der Waals surface area contributed by atoms with Crippen molar-refractivity contribution >= 4 is 0 Å². The SMILES string of the molecule is Cc1cn([C@H]2O[C@@H]([I-]O)C(O)C2O)c(=O)[nH]c1=O. The van der Waals surface area contributed by atoms with Crippen LogP contribution in [0.2, 0.25) is 0 Å². The summed E-state index contributed by atoms with van der Waals surface area (Å²) in [5.41, 5.74) is -0.976. The number of aliphatic hydroxyl groups is 2. The fourth-order valence-corrected chi connectivity index (χ4v) is 2.89. The molecule has 0 spiro atoms. The summed E-state index contributed by atoms with van der Waals surface area (Å²) < 4.78 is 14.4. The van der Waals surface area contributed by atoms with Gasteiger partial charge in [-0.05, 0) is 0 Å². The number of nitrogens with one attached hydrogen (secondary N) is 1. The fourth-order valence-electron chi connectivity index (χ4n) is 1.70. The summed E-state index contributed by atoms with van der Waals surface area (Å²) in [6.45, 7) is 1.50. The van der Waals surface area contributed by atoms with Crippen LogP contribution >= 0.6 is 0 Å². The van der Waals surface area contributed by atoms with E-state index >= 15 is 0 Å². The number of nitrogens with zero attached hydrogens (tertiary/aromatic N) is 1.